The highest BCUT2D eigenvalue weighted by Crippen LogP contribution is 2.35. The summed E-state index contributed by atoms with van der Waals surface area (Å²) in [6.45, 7) is 0. The summed E-state index contributed by atoms with van der Waals surface area (Å²) in [6, 6.07) is 5.56. The first-order valence-corrected chi connectivity index (χ1v) is 5.28. The highest BCUT2D eigenvalue weighted by molar-refractivity contribution is 5.95. The molecule has 1 aromatic carbocycles. The van der Waals surface area contributed by atoms with Crippen LogP contribution in [0.3, 0.4) is 0 Å². The lowest BCUT2D eigenvalue weighted by Crippen LogP contribution is -2.00. The molecule has 0 atom stereocenters. The molecule has 0 fully saturated rings. The molecule has 0 saturated carbocycles. The van der Waals surface area contributed by atoms with Crippen molar-refractivity contribution in [2.45, 2.75) is 0 Å². The zero-order valence-corrected chi connectivity index (χ0v) is 9.91. The summed E-state index contributed by atoms with van der Waals surface area (Å²) < 4.78 is 5.11. The van der Waals surface area contributed by atoms with E-state index >= 15 is 0 Å². The van der Waals surface area contributed by atoms with Crippen LogP contribution in [0, 0.1) is 10.1 Å². The molecule has 0 saturated heterocycles. The molecule has 0 aliphatic carbocycles. The molecule has 1 heterocycles. The smallest absolute Gasteiger partial charge is 0.352 e. The Kier molecular flexibility index (Phi) is 3.19. The Labute approximate surface area is 107 Å². The average Bonchev–Trinajstić information content (AvgIpc) is 2.87. The van der Waals surface area contributed by atoms with Crippen LogP contribution in [0.5, 0.6) is 5.75 Å². The average molecular weight is 262 g/mol. The minimum Gasteiger partial charge on any atom is -0.496 e. The number of nitrogens with one attached hydrogen (secondary N) is 1. The molecular weight excluding hydrogens is 252 g/mol. The van der Waals surface area contributed by atoms with E-state index in [9.17, 15) is 14.9 Å². The van der Waals surface area contributed by atoms with E-state index < -0.39 is 10.9 Å². The van der Waals surface area contributed by atoms with E-state index in [0.29, 0.717) is 16.9 Å². The second-order valence-electron chi connectivity index (χ2n) is 3.71. The van der Waals surface area contributed by atoms with Crippen molar-refractivity contribution >= 4 is 11.7 Å². The quantitative estimate of drug-likeness (QED) is 0.649. The Bertz CT molecular complexity index is 647. The number of aromatic amines is 1. The van der Waals surface area contributed by atoms with Crippen LogP contribution < -0.4 is 4.74 Å². The molecule has 2 rings (SSSR count). The molecule has 0 aliphatic heterocycles. The molecule has 0 amide bonds. The van der Waals surface area contributed by atoms with Crippen molar-refractivity contribution in [2.24, 2.45) is 0 Å². The van der Waals surface area contributed by atoms with Gasteiger partial charge in [0.25, 0.3) is 5.69 Å². The number of hydrogen-bond acceptors (Lipinski definition) is 4. The summed E-state index contributed by atoms with van der Waals surface area (Å²) in [5, 5.41) is 19.8. The SMILES string of the molecule is COc1ccc([N+](=O)[O-])cc1-c1cc[nH]c1C(=O)O. The van der Waals surface area contributed by atoms with Gasteiger partial charge in [-0.15, -0.1) is 0 Å². The fourth-order valence-electron chi connectivity index (χ4n) is 1.79. The van der Waals surface area contributed by atoms with Gasteiger partial charge in [0.1, 0.15) is 11.4 Å². The van der Waals surface area contributed by atoms with Crippen molar-refractivity contribution in [3.63, 3.8) is 0 Å². The van der Waals surface area contributed by atoms with Crippen molar-refractivity contribution in [3.05, 3.63) is 46.3 Å². The standard InChI is InChI=1S/C12H10N2O5/c1-19-10-3-2-7(14(17)18)6-9(10)8-4-5-13-11(8)12(15)16/h2-6,13H,1H3,(H,15,16). The van der Waals surface area contributed by atoms with Crippen LogP contribution in [0.25, 0.3) is 11.1 Å². The number of nitro groups is 1. The van der Waals surface area contributed by atoms with Crippen LogP contribution in [0.4, 0.5) is 5.69 Å². The van der Waals surface area contributed by atoms with Gasteiger partial charge in [-0.3, -0.25) is 10.1 Å². The third kappa shape index (κ3) is 2.25. The zero-order chi connectivity index (χ0) is 14.0. The first kappa shape index (κ1) is 12.6. The number of carbonyl (C=O) groups is 1. The van der Waals surface area contributed by atoms with Crippen LogP contribution in [0.1, 0.15) is 10.5 Å². The number of aromatic carboxylic acids is 1. The number of benzene rings is 1. The van der Waals surface area contributed by atoms with Gasteiger partial charge in [-0.2, -0.15) is 0 Å². The van der Waals surface area contributed by atoms with E-state index in [-0.39, 0.29) is 11.4 Å². The van der Waals surface area contributed by atoms with E-state index in [1.165, 1.54) is 37.6 Å². The van der Waals surface area contributed by atoms with Crippen LogP contribution >= 0.6 is 0 Å². The number of nitrogens with zero attached hydrogens (tertiary/aromatic N) is 1. The van der Waals surface area contributed by atoms with Gasteiger partial charge in [0.15, 0.2) is 0 Å². The normalized spacial score (nSPS) is 10.2. The molecule has 1 aromatic heterocycles. The summed E-state index contributed by atoms with van der Waals surface area (Å²) in [7, 11) is 1.41. The number of rotatable bonds is 4. The molecule has 0 unspecified atom stereocenters. The molecule has 7 heteroatoms. The van der Waals surface area contributed by atoms with Gasteiger partial charge >= 0.3 is 5.97 Å². The van der Waals surface area contributed by atoms with E-state index in [1.807, 2.05) is 0 Å². The third-order valence-corrected chi connectivity index (χ3v) is 2.64. The second kappa shape index (κ2) is 4.81. The number of carboxylic acids is 1. The topological polar surface area (TPSA) is 105 Å². The maximum atomic E-state index is 11.1. The first-order chi connectivity index (χ1) is 9.04. The largest absolute Gasteiger partial charge is 0.496 e. The maximum absolute atomic E-state index is 11.1. The Hall–Kier alpha value is -2.83. The molecule has 0 aliphatic rings. The number of ether oxygens (including phenoxy) is 1. The number of non-ortho nitro benzene ring substituents is 1. The summed E-state index contributed by atoms with van der Waals surface area (Å²) in [6.07, 6.45) is 1.46. The summed E-state index contributed by atoms with van der Waals surface area (Å²) in [4.78, 5) is 23.9. The minimum atomic E-state index is -1.14. The van der Waals surface area contributed by atoms with Gasteiger partial charge in [0, 0.05) is 29.5 Å². The highest BCUT2D eigenvalue weighted by Gasteiger charge is 2.19. The third-order valence-electron chi connectivity index (χ3n) is 2.64. The Morgan fingerprint density at radius 3 is 2.68 bits per heavy atom. The lowest BCUT2D eigenvalue weighted by Gasteiger charge is -2.07. The van der Waals surface area contributed by atoms with Gasteiger partial charge in [-0.1, -0.05) is 0 Å². The lowest BCUT2D eigenvalue weighted by molar-refractivity contribution is -0.384. The van der Waals surface area contributed by atoms with Crippen molar-refractivity contribution in [1.82, 2.24) is 4.98 Å². The summed E-state index contributed by atoms with van der Waals surface area (Å²) in [5.41, 5.74) is 0.524. The van der Waals surface area contributed by atoms with Crippen LogP contribution in [-0.2, 0) is 0 Å². The molecule has 19 heavy (non-hydrogen) atoms. The van der Waals surface area contributed by atoms with E-state index in [4.69, 9.17) is 9.84 Å². The zero-order valence-electron chi connectivity index (χ0n) is 9.91. The van der Waals surface area contributed by atoms with Crippen molar-refractivity contribution in [3.8, 4) is 16.9 Å². The van der Waals surface area contributed by atoms with E-state index in [0.717, 1.165) is 0 Å². The lowest BCUT2D eigenvalue weighted by atomic mass is 10.0. The number of H-pyrrole nitrogens is 1. The van der Waals surface area contributed by atoms with Crippen LogP contribution in [-0.4, -0.2) is 28.1 Å². The second-order valence-corrected chi connectivity index (χ2v) is 3.71. The van der Waals surface area contributed by atoms with Crippen molar-refractivity contribution in [2.75, 3.05) is 7.11 Å². The van der Waals surface area contributed by atoms with Crippen molar-refractivity contribution in [1.29, 1.82) is 0 Å². The van der Waals surface area contributed by atoms with Crippen LogP contribution in [0.2, 0.25) is 0 Å². The number of hydrogen-bond donors (Lipinski definition) is 2. The summed E-state index contributed by atoms with van der Waals surface area (Å²) in [5.74, 6) is -0.777. The number of aromatic nitrogens is 1. The van der Waals surface area contributed by atoms with Crippen LogP contribution in [0.15, 0.2) is 30.5 Å². The Morgan fingerprint density at radius 1 is 1.37 bits per heavy atom. The van der Waals surface area contributed by atoms with Gasteiger partial charge < -0.3 is 14.8 Å². The predicted octanol–water partition coefficient (Wildman–Crippen LogP) is 2.30. The molecule has 0 spiro atoms. The minimum absolute atomic E-state index is 0.0428. The molecule has 98 valence electrons. The molecular formula is C12H10N2O5. The molecule has 0 radical (unpaired) electrons. The summed E-state index contributed by atoms with van der Waals surface area (Å²) >= 11 is 0. The molecule has 2 aromatic rings. The van der Waals surface area contributed by atoms with Gasteiger partial charge in [0.05, 0.1) is 12.0 Å². The van der Waals surface area contributed by atoms with Gasteiger partial charge in [0.2, 0.25) is 0 Å². The van der Waals surface area contributed by atoms with Gasteiger partial charge in [-0.05, 0) is 12.1 Å². The number of nitro benzene ring substituents is 1. The fraction of sp³-hybridized carbons (Fsp3) is 0.0833. The number of methoxy groups -OCH3 is 1. The fourth-order valence-corrected chi connectivity index (χ4v) is 1.79. The monoisotopic (exact) mass is 262 g/mol. The maximum Gasteiger partial charge on any atom is 0.352 e. The number of carboxylic acid groups (broad SMARTS) is 1. The van der Waals surface area contributed by atoms with Crippen molar-refractivity contribution < 1.29 is 19.6 Å². The Morgan fingerprint density at radius 2 is 2.11 bits per heavy atom. The van der Waals surface area contributed by atoms with E-state index in [1.54, 1.807) is 0 Å². The van der Waals surface area contributed by atoms with E-state index in [2.05, 4.69) is 4.98 Å². The van der Waals surface area contributed by atoms with Gasteiger partial charge in [-0.25, -0.2) is 4.79 Å². The molecule has 0 bridgehead atoms. The predicted molar refractivity (Wildman–Crippen MR) is 66.4 cm³/mol. The first-order valence-electron chi connectivity index (χ1n) is 5.28. The molecule has 2 N–H and O–H groups in total. The Balaban J connectivity index is 2.65. The highest BCUT2D eigenvalue weighted by atomic mass is 16.6. The molecule has 7 nitrogen and oxygen atoms in total.